The van der Waals surface area contributed by atoms with Crippen molar-refractivity contribution in [2.45, 2.75) is 38.4 Å². The molecule has 1 amide bonds. The first kappa shape index (κ1) is 17.8. The van der Waals surface area contributed by atoms with Gasteiger partial charge in [-0.25, -0.2) is 8.42 Å². The maximum absolute atomic E-state index is 12.6. The molecule has 0 N–H and O–H groups in total. The monoisotopic (exact) mass is 378 g/mol. The lowest BCUT2D eigenvalue weighted by Gasteiger charge is -2.44. The number of fused-ring (bicyclic) bond motifs is 1. The van der Waals surface area contributed by atoms with Crippen molar-refractivity contribution in [3.05, 3.63) is 29.3 Å². The molecule has 0 bridgehead atoms. The van der Waals surface area contributed by atoms with Crippen molar-refractivity contribution in [2.24, 2.45) is 5.92 Å². The molecule has 7 heteroatoms. The molecule has 26 heavy (non-hydrogen) atoms. The summed E-state index contributed by atoms with van der Waals surface area (Å²) < 4.78 is 30.2. The van der Waals surface area contributed by atoms with Crippen molar-refractivity contribution in [1.29, 1.82) is 0 Å². The number of hydrogen-bond acceptors (Lipinski definition) is 5. The first-order valence-corrected chi connectivity index (χ1v) is 11.1. The van der Waals surface area contributed by atoms with Crippen LogP contribution in [0, 0.1) is 12.8 Å². The molecule has 2 aliphatic heterocycles. The third-order valence-electron chi connectivity index (χ3n) is 5.82. The molecule has 6 nitrogen and oxygen atoms in total. The molecule has 0 aromatic heterocycles. The molecule has 3 fully saturated rings. The van der Waals surface area contributed by atoms with Crippen LogP contribution in [0.1, 0.15) is 24.0 Å². The van der Waals surface area contributed by atoms with Crippen LogP contribution in [0.4, 0.5) is 0 Å². The van der Waals surface area contributed by atoms with Gasteiger partial charge in [-0.3, -0.25) is 9.69 Å². The third kappa shape index (κ3) is 3.34. The number of amides is 1. The molecule has 142 valence electrons. The number of hydrogen-bond donors (Lipinski definition) is 0. The van der Waals surface area contributed by atoms with Gasteiger partial charge >= 0.3 is 0 Å². The Morgan fingerprint density at radius 2 is 1.92 bits per heavy atom. The predicted octanol–water partition coefficient (Wildman–Crippen LogP) is 1.22. The summed E-state index contributed by atoms with van der Waals surface area (Å²) in [6.07, 6.45) is 1.90. The molecule has 2 saturated heterocycles. The number of ether oxygens (including phenoxy) is 1. The Balaban J connectivity index is 1.57. The fourth-order valence-electron chi connectivity index (χ4n) is 4.26. The molecule has 4 rings (SSSR count). The smallest absolute Gasteiger partial charge is 0.226 e. The molecule has 0 radical (unpaired) electrons. The summed E-state index contributed by atoms with van der Waals surface area (Å²) in [4.78, 5) is 16.7. The van der Waals surface area contributed by atoms with Gasteiger partial charge in [-0.1, -0.05) is 12.1 Å². The summed E-state index contributed by atoms with van der Waals surface area (Å²) in [6, 6.07) is 5.77. The van der Waals surface area contributed by atoms with E-state index in [1.807, 2.05) is 30.0 Å². The Labute approximate surface area is 155 Å². The van der Waals surface area contributed by atoms with Gasteiger partial charge in [0.1, 0.15) is 5.75 Å². The third-order valence-corrected chi connectivity index (χ3v) is 7.52. The lowest BCUT2D eigenvalue weighted by Crippen LogP contribution is -2.60. The van der Waals surface area contributed by atoms with E-state index in [0.717, 1.165) is 29.7 Å². The van der Waals surface area contributed by atoms with Gasteiger partial charge in [-0.2, -0.15) is 0 Å². The van der Waals surface area contributed by atoms with Crippen LogP contribution >= 0.6 is 0 Å². The van der Waals surface area contributed by atoms with Crippen molar-refractivity contribution in [2.75, 3.05) is 31.7 Å². The summed E-state index contributed by atoms with van der Waals surface area (Å²) in [5.41, 5.74) is 2.19. The molecule has 0 spiro atoms. The highest BCUT2D eigenvalue weighted by Gasteiger charge is 2.49. The molecular weight excluding hydrogens is 352 g/mol. The Bertz CT molecular complexity index is 819. The van der Waals surface area contributed by atoms with Gasteiger partial charge in [0.2, 0.25) is 5.91 Å². The van der Waals surface area contributed by atoms with E-state index < -0.39 is 9.84 Å². The lowest BCUT2D eigenvalue weighted by atomic mass is 10.0. The van der Waals surface area contributed by atoms with Crippen molar-refractivity contribution >= 4 is 15.7 Å². The highest BCUT2D eigenvalue weighted by molar-refractivity contribution is 7.91. The zero-order valence-corrected chi connectivity index (χ0v) is 16.2. The van der Waals surface area contributed by atoms with E-state index in [2.05, 4.69) is 4.90 Å². The highest BCUT2D eigenvalue weighted by atomic mass is 32.2. The van der Waals surface area contributed by atoms with Crippen molar-refractivity contribution < 1.29 is 17.9 Å². The van der Waals surface area contributed by atoms with Gasteiger partial charge in [0, 0.05) is 37.2 Å². The van der Waals surface area contributed by atoms with Gasteiger partial charge < -0.3 is 9.64 Å². The van der Waals surface area contributed by atoms with Crippen LogP contribution in [0.5, 0.6) is 5.75 Å². The van der Waals surface area contributed by atoms with Crippen molar-refractivity contribution in [3.63, 3.8) is 0 Å². The summed E-state index contributed by atoms with van der Waals surface area (Å²) in [5.74, 6) is 1.35. The number of benzene rings is 1. The van der Waals surface area contributed by atoms with Crippen LogP contribution in [0.15, 0.2) is 18.2 Å². The van der Waals surface area contributed by atoms with Crippen LogP contribution in [-0.2, 0) is 21.2 Å². The summed E-state index contributed by atoms with van der Waals surface area (Å²) in [7, 11) is -1.45. The Kier molecular flexibility index (Phi) is 4.47. The minimum absolute atomic E-state index is 0.0949. The van der Waals surface area contributed by atoms with E-state index in [0.29, 0.717) is 19.6 Å². The molecular formula is C19H26N2O4S. The second-order valence-electron chi connectivity index (χ2n) is 7.80. The number of carbonyl (C=O) groups excluding carboxylic acids is 1. The Morgan fingerprint density at radius 1 is 1.19 bits per heavy atom. The van der Waals surface area contributed by atoms with E-state index >= 15 is 0 Å². The van der Waals surface area contributed by atoms with Crippen molar-refractivity contribution in [1.82, 2.24) is 9.80 Å². The standard InChI is InChI=1S/C19H26N2O4S/c1-13-3-4-15(18(9-13)25-2)10-20-7-8-21(19(22)14-5-6-14)17-12-26(23,24)11-16(17)20/h3-4,9,14,16-17H,5-8,10-12H2,1-2H3/t16-,17+/m0/s1. The minimum Gasteiger partial charge on any atom is -0.496 e. The summed E-state index contributed by atoms with van der Waals surface area (Å²) in [5, 5.41) is 0. The lowest BCUT2D eigenvalue weighted by molar-refractivity contribution is -0.138. The fourth-order valence-corrected chi connectivity index (χ4v) is 6.27. The van der Waals surface area contributed by atoms with Crippen LogP contribution in [0.25, 0.3) is 0 Å². The number of aryl methyl sites for hydroxylation is 1. The van der Waals surface area contributed by atoms with Crippen LogP contribution in [0.3, 0.4) is 0 Å². The Morgan fingerprint density at radius 3 is 2.62 bits per heavy atom. The predicted molar refractivity (Wildman–Crippen MR) is 98.8 cm³/mol. The molecule has 1 aromatic carbocycles. The van der Waals surface area contributed by atoms with Crippen LogP contribution in [-0.4, -0.2) is 67.9 Å². The minimum atomic E-state index is -3.11. The van der Waals surface area contributed by atoms with E-state index in [4.69, 9.17) is 4.74 Å². The van der Waals surface area contributed by atoms with E-state index in [1.165, 1.54) is 0 Å². The SMILES string of the molecule is COc1cc(C)ccc1CN1CCN(C(=O)C2CC2)[C@@H]2CS(=O)(=O)C[C@@H]21. The second kappa shape index (κ2) is 6.53. The fraction of sp³-hybridized carbons (Fsp3) is 0.632. The maximum Gasteiger partial charge on any atom is 0.226 e. The Hall–Kier alpha value is -1.60. The molecule has 1 aliphatic carbocycles. The normalized spacial score (nSPS) is 28.0. The highest BCUT2D eigenvalue weighted by Crippen LogP contribution is 2.36. The molecule has 1 aromatic rings. The quantitative estimate of drug-likeness (QED) is 0.788. The topological polar surface area (TPSA) is 66.9 Å². The number of methoxy groups -OCH3 is 1. The summed E-state index contributed by atoms with van der Waals surface area (Å²) >= 11 is 0. The first-order chi connectivity index (χ1) is 12.4. The van der Waals surface area contributed by atoms with Gasteiger partial charge in [-0.15, -0.1) is 0 Å². The summed E-state index contributed by atoms with van der Waals surface area (Å²) in [6.45, 7) is 3.98. The maximum atomic E-state index is 12.6. The number of piperazine rings is 1. The van der Waals surface area contributed by atoms with Gasteiger partial charge in [-0.05, 0) is 31.4 Å². The van der Waals surface area contributed by atoms with Crippen molar-refractivity contribution in [3.8, 4) is 5.75 Å². The molecule has 1 saturated carbocycles. The molecule has 2 heterocycles. The second-order valence-corrected chi connectivity index (χ2v) is 9.96. The molecule has 2 atom stereocenters. The van der Waals surface area contributed by atoms with Gasteiger partial charge in [0.15, 0.2) is 9.84 Å². The number of rotatable bonds is 4. The number of nitrogens with zero attached hydrogens (tertiary/aromatic N) is 2. The van der Waals surface area contributed by atoms with E-state index in [-0.39, 0.29) is 35.4 Å². The largest absolute Gasteiger partial charge is 0.496 e. The van der Waals surface area contributed by atoms with Gasteiger partial charge in [0.05, 0.1) is 24.7 Å². The average molecular weight is 378 g/mol. The molecule has 3 aliphatic rings. The van der Waals surface area contributed by atoms with Crippen LogP contribution in [0.2, 0.25) is 0 Å². The van der Waals surface area contributed by atoms with E-state index in [9.17, 15) is 13.2 Å². The average Bonchev–Trinajstić information content (AvgIpc) is 3.38. The zero-order chi connectivity index (χ0) is 18.5. The van der Waals surface area contributed by atoms with E-state index in [1.54, 1.807) is 7.11 Å². The molecule has 0 unspecified atom stereocenters. The number of sulfone groups is 1. The zero-order valence-electron chi connectivity index (χ0n) is 15.3. The van der Waals surface area contributed by atoms with Gasteiger partial charge in [0.25, 0.3) is 0 Å². The first-order valence-electron chi connectivity index (χ1n) is 9.26. The number of carbonyl (C=O) groups is 1. The van der Waals surface area contributed by atoms with Crippen LogP contribution < -0.4 is 4.74 Å².